The Labute approximate surface area is 179 Å². The maximum atomic E-state index is 15.5. The smallest absolute Gasteiger partial charge is 0.227 e. The first-order chi connectivity index (χ1) is 14.6. The van der Waals surface area contributed by atoms with Gasteiger partial charge in [0.1, 0.15) is 11.3 Å². The van der Waals surface area contributed by atoms with Gasteiger partial charge in [-0.1, -0.05) is 26.8 Å². The van der Waals surface area contributed by atoms with Crippen LogP contribution in [0.2, 0.25) is 0 Å². The zero-order valence-electron chi connectivity index (χ0n) is 18.1. The molecule has 0 fully saturated rings. The van der Waals surface area contributed by atoms with Gasteiger partial charge in [-0.25, -0.2) is 13.8 Å². The summed E-state index contributed by atoms with van der Waals surface area (Å²) in [6.07, 6.45) is -0.950. The number of imidazole rings is 1. The molecule has 8 heteroatoms. The van der Waals surface area contributed by atoms with Crippen LogP contribution in [0.3, 0.4) is 0 Å². The van der Waals surface area contributed by atoms with Crippen LogP contribution in [0.25, 0.3) is 16.7 Å². The number of nitrogens with one attached hydrogen (secondary N) is 1. The fourth-order valence-corrected chi connectivity index (χ4v) is 3.34. The second-order valence-corrected chi connectivity index (χ2v) is 8.55. The highest BCUT2D eigenvalue weighted by molar-refractivity contribution is 5.93. The molecule has 3 aromatic rings. The van der Waals surface area contributed by atoms with Gasteiger partial charge in [0.2, 0.25) is 11.9 Å². The number of anilines is 1. The Morgan fingerprint density at radius 1 is 1.19 bits per heavy atom. The highest BCUT2D eigenvalue weighted by Gasteiger charge is 2.23. The van der Waals surface area contributed by atoms with Gasteiger partial charge < -0.3 is 9.84 Å². The van der Waals surface area contributed by atoms with E-state index >= 15 is 4.39 Å². The van der Waals surface area contributed by atoms with Gasteiger partial charge in [0, 0.05) is 25.1 Å². The largest absolute Gasteiger partial charge is 0.368 e. The molecule has 0 saturated carbocycles. The van der Waals surface area contributed by atoms with Gasteiger partial charge in [-0.3, -0.25) is 14.7 Å². The van der Waals surface area contributed by atoms with E-state index in [0.29, 0.717) is 17.8 Å². The summed E-state index contributed by atoms with van der Waals surface area (Å²) in [4.78, 5) is 16.9. The number of ether oxygens (including phenoxy) is 1. The van der Waals surface area contributed by atoms with Gasteiger partial charge in [0.15, 0.2) is 12.1 Å². The van der Waals surface area contributed by atoms with Crippen LogP contribution < -0.4 is 5.32 Å². The van der Waals surface area contributed by atoms with Crippen molar-refractivity contribution in [2.75, 3.05) is 11.9 Å². The second kappa shape index (κ2) is 9.11. The van der Waals surface area contributed by atoms with E-state index in [1.165, 1.54) is 34.9 Å². The lowest BCUT2D eigenvalue weighted by molar-refractivity contribution is -0.117. The monoisotopic (exact) mass is 431 g/mol. The molecule has 1 heterocycles. The SMILES string of the molecule is CCOC(O)Cc1ccc2nc(NC(=O)CC(C)(C)C)n(-c3ccc(F)cc3)c2c1F. The zero-order chi connectivity index (χ0) is 22.8. The van der Waals surface area contributed by atoms with Gasteiger partial charge in [0.05, 0.1) is 5.52 Å². The maximum absolute atomic E-state index is 15.5. The van der Waals surface area contributed by atoms with E-state index in [2.05, 4.69) is 10.3 Å². The van der Waals surface area contributed by atoms with Crippen molar-refractivity contribution in [3.05, 3.63) is 53.6 Å². The number of carbonyl (C=O) groups excluding carboxylic acids is 1. The van der Waals surface area contributed by atoms with Crippen molar-refractivity contribution in [1.82, 2.24) is 9.55 Å². The summed E-state index contributed by atoms with van der Waals surface area (Å²) in [5.41, 5.74) is 0.881. The number of hydrogen-bond donors (Lipinski definition) is 2. The van der Waals surface area contributed by atoms with Gasteiger partial charge in [0.25, 0.3) is 0 Å². The highest BCUT2D eigenvalue weighted by atomic mass is 19.1. The number of fused-ring (bicyclic) bond motifs is 1. The first-order valence-electron chi connectivity index (χ1n) is 10.1. The molecule has 6 nitrogen and oxygen atoms in total. The lowest BCUT2D eigenvalue weighted by atomic mass is 9.92. The molecule has 1 aromatic heterocycles. The van der Waals surface area contributed by atoms with E-state index in [1.54, 1.807) is 13.0 Å². The molecule has 0 aliphatic heterocycles. The van der Waals surface area contributed by atoms with E-state index in [4.69, 9.17) is 4.74 Å². The van der Waals surface area contributed by atoms with E-state index in [-0.39, 0.29) is 41.2 Å². The Hall–Kier alpha value is -2.84. The first-order valence-corrected chi connectivity index (χ1v) is 10.1. The van der Waals surface area contributed by atoms with E-state index in [9.17, 15) is 14.3 Å². The van der Waals surface area contributed by atoms with Gasteiger partial charge in [-0.15, -0.1) is 0 Å². The fourth-order valence-electron chi connectivity index (χ4n) is 3.34. The van der Waals surface area contributed by atoms with Crippen molar-refractivity contribution in [2.45, 2.75) is 46.8 Å². The van der Waals surface area contributed by atoms with Crippen LogP contribution in [-0.2, 0) is 16.0 Å². The zero-order valence-corrected chi connectivity index (χ0v) is 18.1. The molecule has 0 radical (unpaired) electrons. The third-order valence-corrected chi connectivity index (χ3v) is 4.62. The molecule has 166 valence electrons. The summed E-state index contributed by atoms with van der Waals surface area (Å²) in [5.74, 6) is -1.16. The number of carbonyl (C=O) groups is 1. The van der Waals surface area contributed by atoms with E-state index in [1.807, 2.05) is 20.8 Å². The summed E-state index contributed by atoms with van der Waals surface area (Å²) in [6, 6.07) is 8.62. The molecule has 31 heavy (non-hydrogen) atoms. The van der Waals surface area contributed by atoms with Crippen molar-refractivity contribution in [3.8, 4) is 5.69 Å². The summed E-state index contributed by atoms with van der Waals surface area (Å²) >= 11 is 0. The molecular formula is C23H27F2N3O3. The molecule has 3 rings (SSSR count). The van der Waals surface area contributed by atoms with Crippen LogP contribution in [0.15, 0.2) is 36.4 Å². The Kier molecular flexibility index (Phi) is 6.71. The van der Waals surface area contributed by atoms with Crippen LogP contribution >= 0.6 is 0 Å². The second-order valence-electron chi connectivity index (χ2n) is 8.55. The Morgan fingerprint density at radius 3 is 2.48 bits per heavy atom. The van der Waals surface area contributed by atoms with Gasteiger partial charge in [-0.05, 0) is 48.2 Å². The van der Waals surface area contributed by atoms with Crippen LogP contribution in [0.1, 0.15) is 39.7 Å². The third-order valence-electron chi connectivity index (χ3n) is 4.62. The summed E-state index contributed by atoms with van der Waals surface area (Å²) in [5, 5.41) is 12.7. The van der Waals surface area contributed by atoms with Crippen molar-refractivity contribution in [1.29, 1.82) is 0 Å². The van der Waals surface area contributed by atoms with E-state index in [0.717, 1.165) is 0 Å². The van der Waals surface area contributed by atoms with Crippen LogP contribution in [-0.4, -0.2) is 33.5 Å². The van der Waals surface area contributed by atoms with Crippen LogP contribution in [0.4, 0.5) is 14.7 Å². The van der Waals surface area contributed by atoms with Crippen molar-refractivity contribution in [2.24, 2.45) is 5.41 Å². The highest BCUT2D eigenvalue weighted by Crippen LogP contribution is 2.30. The fraction of sp³-hybridized carbons (Fsp3) is 0.391. The number of hydrogen-bond acceptors (Lipinski definition) is 4. The number of aliphatic hydroxyl groups is 1. The molecule has 0 spiro atoms. The van der Waals surface area contributed by atoms with Gasteiger partial charge in [-0.2, -0.15) is 0 Å². The Morgan fingerprint density at radius 2 is 1.87 bits per heavy atom. The number of amides is 1. The number of halogens is 2. The Balaban J connectivity index is 2.12. The van der Waals surface area contributed by atoms with Crippen molar-refractivity contribution in [3.63, 3.8) is 0 Å². The number of rotatable bonds is 7. The average Bonchev–Trinajstić information content (AvgIpc) is 3.02. The summed E-state index contributed by atoms with van der Waals surface area (Å²) in [6.45, 7) is 7.84. The standard InChI is InChI=1S/C23H27F2N3O3/c1-5-31-19(30)12-14-6-11-17-21(20(14)25)28(16-9-7-15(24)8-10-16)22(26-17)27-18(29)13-23(2,3)4/h6-11,19,30H,5,12-13H2,1-4H3,(H,26,27,29). The summed E-state index contributed by atoms with van der Waals surface area (Å²) < 4.78 is 35.5. The lowest BCUT2D eigenvalue weighted by Crippen LogP contribution is -2.21. The average molecular weight is 431 g/mol. The first kappa shape index (κ1) is 22.8. The molecule has 1 atom stereocenters. The molecule has 0 aliphatic carbocycles. The molecule has 1 unspecified atom stereocenters. The molecule has 1 amide bonds. The minimum atomic E-state index is -1.15. The lowest BCUT2D eigenvalue weighted by Gasteiger charge is -2.17. The Bertz CT molecular complexity index is 1070. The topological polar surface area (TPSA) is 76.4 Å². The summed E-state index contributed by atoms with van der Waals surface area (Å²) in [7, 11) is 0. The van der Waals surface area contributed by atoms with Gasteiger partial charge >= 0.3 is 0 Å². The molecular weight excluding hydrogens is 404 g/mol. The van der Waals surface area contributed by atoms with Crippen molar-refractivity contribution < 1.29 is 23.4 Å². The predicted molar refractivity (Wildman–Crippen MR) is 115 cm³/mol. The van der Waals surface area contributed by atoms with E-state index < -0.39 is 17.9 Å². The van der Waals surface area contributed by atoms with Crippen LogP contribution in [0.5, 0.6) is 0 Å². The number of aliphatic hydroxyl groups excluding tert-OH is 1. The quantitative estimate of drug-likeness (QED) is 0.537. The number of nitrogens with zero attached hydrogens (tertiary/aromatic N) is 2. The third kappa shape index (κ3) is 5.45. The van der Waals surface area contributed by atoms with Crippen molar-refractivity contribution >= 4 is 22.9 Å². The molecule has 0 aliphatic rings. The molecule has 0 saturated heterocycles. The number of benzene rings is 2. The minimum Gasteiger partial charge on any atom is -0.368 e. The molecule has 0 bridgehead atoms. The maximum Gasteiger partial charge on any atom is 0.227 e. The van der Waals surface area contributed by atoms with Crippen LogP contribution in [0, 0.1) is 17.0 Å². The predicted octanol–water partition coefficient (Wildman–Crippen LogP) is 4.58. The minimum absolute atomic E-state index is 0.0457. The normalized spacial score (nSPS) is 12.9. The number of aromatic nitrogens is 2. The molecule has 2 N–H and O–H groups in total. The molecule has 2 aromatic carbocycles.